The normalized spacial score (nSPS) is 12.3. The van der Waals surface area contributed by atoms with Crippen LogP contribution in [0.5, 0.6) is 11.5 Å². The molecule has 3 aromatic carbocycles. The maximum atomic E-state index is 12.6. The topological polar surface area (TPSA) is 88.1 Å². The molecule has 196 valence electrons. The highest BCUT2D eigenvalue weighted by atomic mass is 16.5. The number of aliphatic carboxylic acids is 1. The second-order valence-corrected chi connectivity index (χ2v) is 9.11. The van der Waals surface area contributed by atoms with Crippen molar-refractivity contribution in [3.05, 3.63) is 96.1 Å². The molecule has 37 heavy (non-hydrogen) atoms. The molecule has 0 aliphatic heterocycles. The number of nitrogens with one attached hydrogen (secondary N) is 1. The van der Waals surface area contributed by atoms with Gasteiger partial charge in [-0.1, -0.05) is 67.6 Å². The van der Waals surface area contributed by atoms with E-state index in [1.54, 1.807) is 19.1 Å². The molecule has 7 nitrogen and oxygen atoms in total. The number of carbonyl (C=O) groups excluding carboxylic acids is 1. The zero-order valence-electron chi connectivity index (χ0n) is 21.6. The standard InChI is InChI=1S/C30H36N2O5/c1-3-19-32(29(35)31-23-25-11-6-4-7-12-25)20-10-21-36-26-17-15-24(16-18-26)22-30(2,28(33)34)37-27-13-8-5-9-14-27/h4-9,11-18H,3,10,19-23H2,1-2H3,(H,31,35)(H,33,34). The van der Waals surface area contributed by atoms with E-state index in [0.717, 1.165) is 17.5 Å². The van der Waals surface area contributed by atoms with Crippen LogP contribution in [-0.4, -0.2) is 47.3 Å². The van der Waals surface area contributed by atoms with Gasteiger partial charge in [0.25, 0.3) is 0 Å². The molecule has 0 aromatic heterocycles. The molecule has 1 atom stereocenters. The summed E-state index contributed by atoms with van der Waals surface area (Å²) in [6, 6.07) is 26.1. The van der Waals surface area contributed by atoms with Crippen molar-refractivity contribution in [2.24, 2.45) is 0 Å². The van der Waals surface area contributed by atoms with Gasteiger partial charge in [-0.25, -0.2) is 9.59 Å². The molecule has 0 bridgehead atoms. The predicted molar refractivity (Wildman–Crippen MR) is 144 cm³/mol. The van der Waals surface area contributed by atoms with Gasteiger partial charge in [-0.2, -0.15) is 0 Å². The molecule has 2 N–H and O–H groups in total. The second-order valence-electron chi connectivity index (χ2n) is 9.11. The fourth-order valence-electron chi connectivity index (χ4n) is 3.91. The van der Waals surface area contributed by atoms with E-state index in [-0.39, 0.29) is 12.5 Å². The summed E-state index contributed by atoms with van der Waals surface area (Å²) in [5.74, 6) is 0.180. The molecule has 0 spiro atoms. The molecule has 1 unspecified atom stereocenters. The molecule has 0 saturated heterocycles. The molecule has 0 aliphatic carbocycles. The number of ether oxygens (including phenoxy) is 2. The number of carbonyl (C=O) groups is 2. The molecule has 0 aliphatic rings. The Labute approximate surface area is 219 Å². The molecule has 7 heteroatoms. The molecular weight excluding hydrogens is 468 g/mol. The Morgan fingerprint density at radius 3 is 2.14 bits per heavy atom. The first-order chi connectivity index (χ1) is 17.9. The zero-order valence-corrected chi connectivity index (χ0v) is 21.6. The molecule has 0 fully saturated rings. The largest absolute Gasteiger partial charge is 0.494 e. The Hall–Kier alpha value is -4.00. The van der Waals surface area contributed by atoms with Crippen molar-refractivity contribution in [3.8, 4) is 11.5 Å². The first-order valence-corrected chi connectivity index (χ1v) is 12.7. The molecule has 3 aromatic rings. The minimum absolute atomic E-state index is 0.0748. The van der Waals surface area contributed by atoms with Crippen LogP contribution in [0.15, 0.2) is 84.9 Å². The van der Waals surface area contributed by atoms with Gasteiger partial charge in [-0.05, 0) is 55.2 Å². The number of benzene rings is 3. The number of hydrogen-bond donors (Lipinski definition) is 2. The third-order valence-electron chi connectivity index (χ3n) is 5.91. The van der Waals surface area contributed by atoms with Crippen molar-refractivity contribution in [2.75, 3.05) is 19.7 Å². The fourth-order valence-corrected chi connectivity index (χ4v) is 3.91. The quantitative estimate of drug-likeness (QED) is 0.281. The molecule has 3 rings (SSSR count). The Kier molecular flexibility index (Phi) is 10.4. The lowest BCUT2D eigenvalue weighted by atomic mass is 9.96. The van der Waals surface area contributed by atoms with Gasteiger partial charge in [-0.15, -0.1) is 0 Å². The average molecular weight is 505 g/mol. The number of hydrogen-bond acceptors (Lipinski definition) is 4. The second kappa shape index (κ2) is 13.9. The van der Waals surface area contributed by atoms with Gasteiger partial charge in [0.05, 0.1) is 6.61 Å². The van der Waals surface area contributed by atoms with Crippen LogP contribution in [0.2, 0.25) is 0 Å². The first kappa shape index (κ1) is 27.6. The zero-order chi connectivity index (χ0) is 26.5. The van der Waals surface area contributed by atoms with E-state index in [9.17, 15) is 14.7 Å². The molecule has 0 saturated carbocycles. The van der Waals surface area contributed by atoms with Gasteiger partial charge in [-0.3, -0.25) is 0 Å². The van der Waals surface area contributed by atoms with Gasteiger partial charge < -0.3 is 24.8 Å². The van der Waals surface area contributed by atoms with E-state index in [2.05, 4.69) is 12.2 Å². The van der Waals surface area contributed by atoms with Crippen molar-refractivity contribution >= 4 is 12.0 Å². The summed E-state index contributed by atoms with van der Waals surface area (Å²) in [5, 5.41) is 12.8. The summed E-state index contributed by atoms with van der Waals surface area (Å²) in [6.45, 7) is 5.87. The smallest absolute Gasteiger partial charge is 0.348 e. The lowest BCUT2D eigenvalue weighted by molar-refractivity contribution is -0.153. The third kappa shape index (κ3) is 8.86. The SMILES string of the molecule is CCCN(CCCOc1ccc(CC(C)(Oc2ccccc2)C(=O)O)cc1)C(=O)NCc1ccccc1. The van der Waals surface area contributed by atoms with Crippen LogP contribution >= 0.6 is 0 Å². The van der Waals surface area contributed by atoms with Crippen molar-refractivity contribution in [1.82, 2.24) is 10.2 Å². The summed E-state index contributed by atoms with van der Waals surface area (Å²) in [4.78, 5) is 26.4. The molecule has 0 heterocycles. The lowest BCUT2D eigenvalue weighted by Crippen LogP contribution is -2.43. The molecule has 2 amide bonds. The number of carboxylic acids is 1. The van der Waals surface area contributed by atoms with Gasteiger partial charge >= 0.3 is 12.0 Å². The molecule has 0 radical (unpaired) electrons. The van der Waals surface area contributed by atoms with Gasteiger partial charge in [0, 0.05) is 26.1 Å². The van der Waals surface area contributed by atoms with Crippen molar-refractivity contribution in [3.63, 3.8) is 0 Å². The van der Waals surface area contributed by atoms with E-state index in [0.29, 0.717) is 44.2 Å². The van der Waals surface area contributed by atoms with Crippen molar-refractivity contribution in [2.45, 2.75) is 45.3 Å². The number of rotatable bonds is 14. The third-order valence-corrected chi connectivity index (χ3v) is 5.91. The lowest BCUT2D eigenvalue weighted by Gasteiger charge is -2.26. The summed E-state index contributed by atoms with van der Waals surface area (Å²) in [6.07, 6.45) is 1.79. The van der Waals surface area contributed by atoms with E-state index in [1.165, 1.54) is 0 Å². The minimum Gasteiger partial charge on any atom is -0.494 e. The highest BCUT2D eigenvalue weighted by molar-refractivity contribution is 5.78. The number of nitrogens with zero attached hydrogens (tertiary/aromatic N) is 1. The van der Waals surface area contributed by atoms with Gasteiger partial charge in [0.15, 0.2) is 0 Å². The Balaban J connectivity index is 1.46. The van der Waals surface area contributed by atoms with Gasteiger partial charge in [0.2, 0.25) is 5.60 Å². The monoisotopic (exact) mass is 504 g/mol. The van der Waals surface area contributed by atoms with Crippen LogP contribution in [0, 0.1) is 0 Å². The maximum absolute atomic E-state index is 12.6. The Morgan fingerprint density at radius 2 is 1.51 bits per heavy atom. The van der Waals surface area contributed by atoms with Crippen LogP contribution in [0.3, 0.4) is 0 Å². The average Bonchev–Trinajstić information content (AvgIpc) is 2.91. The van der Waals surface area contributed by atoms with E-state index >= 15 is 0 Å². The summed E-state index contributed by atoms with van der Waals surface area (Å²) < 4.78 is 11.7. The van der Waals surface area contributed by atoms with E-state index in [1.807, 2.05) is 77.7 Å². The van der Waals surface area contributed by atoms with Gasteiger partial charge in [0.1, 0.15) is 11.5 Å². The predicted octanol–water partition coefficient (Wildman–Crippen LogP) is 5.54. The Bertz CT molecular complexity index is 1110. The van der Waals surface area contributed by atoms with Crippen LogP contribution in [0.1, 0.15) is 37.8 Å². The van der Waals surface area contributed by atoms with E-state index < -0.39 is 11.6 Å². The number of amides is 2. The maximum Gasteiger partial charge on any atom is 0.348 e. The fraction of sp³-hybridized carbons (Fsp3) is 0.333. The number of urea groups is 1. The van der Waals surface area contributed by atoms with Crippen molar-refractivity contribution in [1.29, 1.82) is 0 Å². The summed E-state index contributed by atoms with van der Waals surface area (Å²) in [7, 11) is 0. The Morgan fingerprint density at radius 1 is 0.865 bits per heavy atom. The van der Waals surface area contributed by atoms with Crippen molar-refractivity contribution < 1.29 is 24.2 Å². The van der Waals surface area contributed by atoms with Crippen LogP contribution in [0.25, 0.3) is 0 Å². The summed E-state index contributed by atoms with van der Waals surface area (Å²) in [5.41, 5.74) is 0.500. The highest BCUT2D eigenvalue weighted by Crippen LogP contribution is 2.24. The highest BCUT2D eigenvalue weighted by Gasteiger charge is 2.36. The summed E-state index contributed by atoms with van der Waals surface area (Å²) >= 11 is 0. The minimum atomic E-state index is -1.40. The number of carboxylic acid groups (broad SMARTS) is 1. The first-order valence-electron chi connectivity index (χ1n) is 12.7. The molecular formula is C30H36N2O5. The number of para-hydroxylation sites is 1. The van der Waals surface area contributed by atoms with Crippen LogP contribution in [-0.2, 0) is 17.8 Å². The van der Waals surface area contributed by atoms with E-state index in [4.69, 9.17) is 9.47 Å². The van der Waals surface area contributed by atoms with Crippen LogP contribution < -0.4 is 14.8 Å². The van der Waals surface area contributed by atoms with Crippen LogP contribution in [0.4, 0.5) is 4.79 Å².